The van der Waals surface area contributed by atoms with Crippen molar-refractivity contribution in [2.45, 2.75) is 27.0 Å². The second kappa shape index (κ2) is 10.5. The van der Waals surface area contributed by atoms with Gasteiger partial charge < -0.3 is 25.4 Å². The van der Waals surface area contributed by atoms with E-state index in [0.717, 1.165) is 33.7 Å². The van der Waals surface area contributed by atoms with Gasteiger partial charge in [-0.05, 0) is 55.8 Å². The minimum absolute atomic E-state index is 0.464. The molecule has 1 atom stereocenters. The first-order valence-corrected chi connectivity index (χ1v) is 10.5. The molecule has 0 aromatic heterocycles. The van der Waals surface area contributed by atoms with Crippen LogP contribution in [0.4, 0.5) is 4.79 Å². The van der Waals surface area contributed by atoms with E-state index in [1.54, 1.807) is 13.0 Å². The van der Waals surface area contributed by atoms with Gasteiger partial charge in [-0.1, -0.05) is 24.3 Å². The highest BCUT2D eigenvalue weighted by Gasteiger charge is 2.25. The van der Waals surface area contributed by atoms with Crippen LogP contribution in [0, 0.1) is 4.91 Å². The first kappa shape index (κ1) is 22.9. The summed E-state index contributed by atoms with van der Waals surface area (Å²) in [4.78, 5) is 22.7. The smallest absolute Gasteiger partial charge is 0.412 e. The molecule has 2 aromatic carbocycles. The Bertz CT molecular complexity index is 1060. The lowest BCUT2D eigenvalue weighted by Crippen LogP contribution is -2.23. The van der Waals surface area contributed by atoms with Crippen LogP contribution in [0.1, 0.15) is 31.9 Å². The summed E-state index contributed by atoms with van der Waals surface area (Å²) in [6.45, 7) is 6.92. The summed E-state index contributed by atoms with van der Waals surface area (Å²) in [5, 5.41) is 12.3. The predicted molar refractivity (Wildman–Crippen MR) is 125 cm³/mol. The Morgan fingerprint density at radius 2 is 1.84 bits per heavy atom. The molecule has 168 valence electrons. The molecule has 3 rings (SSSR count). The molecule has 1 aliphatic heterocycles. The van der Waals surface area contributed by atoms with Crippen molar-refractivity contribution in [2.24, 2.45) is 5.18 Å². The van der Waals surface area contributed by atoms with Crippen molar-refractivity contribution in [2.75, 3.05) is 20.1 Å². The van der Waals surface area contributed by atoms with Gasteiger partial charge in [-0.3, -0.25) is 0 Å². The van der Waals surface area contributed by atoms with Crippen LogP contribution >= 0.6 is 0 Å². The minimum atomic E-state index is -0.792. The predicted octanol–water partition coefficient (Wildman–Crippen LogP) is 4.25. The van der Waals surface area contributed by atoms with Crippen LogP contribution in [0.2, 0.25) is 0 Å². The molecular weight excluding hydrogens is 408 g/mol. The lowest BCUT2D eigenvalue weighted by molar-refractivity contribution is 0.203. The van der Waals surface area contributed by atoms with Gasteiger partial charge in [-0.2, -0.15) is 0 Å². The van der Waals surface area contributed by atoms with E-state index < -0.39 is 12.3 Å². The van der Waals surface area contributed by atoms with E-state index in [-0.39, 0.29) is 0 Å². The number of hydrogen-bond acceptors (Lipinski definition) is 7. The van der Waals surface area contributed by atoms with E-state index in [9.17, 15) is 9.70 Å². The van der Waals surface area contributed by atoms with Crippen LogP contribution in [0.5, 0.6) is 11.5 Å². The average Bonchev–Trinajstić information content (AvgIpc) is 3.19. The molecule has 1 heterocycles. The number of hydrogen-bond donors (Lipinski definition) is 3. The first-order chi connectivity index (χ1) is 15.5. The Hall–Kier alpha value is -3.81. The van der Waals surface area contributed by atoms with E-state index in [1.165, 1.54) is 7.05 Å². The van der Waals surface area contributed by atoms with Gasteiger partial charge >= 0.3 is 6.09 Å². The van der Waals surface area contributed by atoms with Gasteiger partial charge in [0.25, 0.3) is 0 Å². The van der Waals surface area contributed by atoms with Crippen molar-refractivity contribution >= 4 is 17.5 Å². The zero-order chi connectivity index (χ0) is 23.1. The number of carbonyl (C=O) groups excluding carboxylic acids is 1. The van der Waals surface area contributed by atoms with E-state index in [2.05, 4.69) is 21.1 Å². The van der Waals surface area contributed by atoms with Gasteiger partial charge in [-0.25, -0.2) is 4.79 Å². The van der Waals surface area contributed by atoms with Gasteiger partial charge in [0.05, 0.1) is 5.70 Å². The molecule has 0 spiro atoms. The van der Waals surface area contributed by atoms with E-state index in [1.807, 2.05) is 56.3 Å². The van der Waals surface area contributed by atoms with Crippen LogP contribution < -0.4 is 25.4 Å². The van der Waals surface area contributed by atoms with Gasteiger partial charge in [0.2, 0.25) is 6.23 Å². The molecule has 1 amide bonds. The zero-order valence-corrected chi connectivity index (χ0v) is 18.7. The molecular formula is C24H28N4O4. The lowest BCUT2D eigenvalue weighted by Gasteiger charge is -2.17. The number of benzene rings is 2. The highest BCUT2D eigenvalue weighted by molar-refractivity contribution is 5.85. The first-order valence-electron chi connectivity index (χ1n) is 10.5. The molecule has 32 heavy (non-hydrogen) atoms. The summed E-state index contributed by atoms with van der Waals surface area (Å²) in [6, 6.07) is 15.0. The zero-order valence-electron chi connectivity index (χ0n) is 18.7. The maximum absolute atomic E-state index is 11.9. The molecule has 0 saturated heterocycles. The average molecular weight is 437 g/mol. The van der Waals surface area contributed by atoms with Gasteiger partial charge in [0, 0.05) is 42.5 Å². The standard InChI is InChI=1S/C24H28N4O4/c1-5-26-23(18-11-7-9-13-21(18)32-24(29)25-4)19-14-27-22(15(19)2)17-10-6-8-12-20(17)31-16(3)28-30/h6-13,16,26-27H,5,14H2,1-4H3,(H,25,29)/b23-19-. The largest absolute Gasteiger partial charge is 0.465 e. The molecule has 1 unspecified atom stereocenters. The number of ether oxygens (including phenoxy) is 2. The molecule has 8 nitrogen and oxygen atoms in total. The number of nitroso groups, excluding NO2 is 1. The fourth-order valence-corrected chi connectivity index (χ4v) is 3.60. The molecule has 3 N–H and O–H groups in total. The molecule has 8 heteroatoms. The maximum atomic E-state index is 11.9. The normalized spacial score (nSPS) is 15.5. The van der Waals surface area contributed by atoms with Crippen LogP contribution in [0.3, 0.4) is 0 Å². The second-order valence-electron chi connectivity index (χ2n) is 7.19. The third-order valence-corrected chi connectivity index (χ3v) is 5.09. The summed E-state index contributed by atoms with van der Waals surface area (Å²) in [7, 11) is 1.52. The molecule has 0 bridgehead atoms. The number of amides is 1. The molecule has 0 aliphatic carbocycles. The highest BCUT2D eigenvalue weighted by Crippen LogP contribution is 2.37. The minimum Gasteiger partial charge on any atom is -0.465 e. The molecule has 2 aromatic rings. The topological polar surface area (TPSA) is 101 Å². The van der Waals surface area contributed by atoms with E-state index >= 15 is 0 Å². The van der Waals surface area contributed by atoms with Crippen molar-refractivity contribution in [3.63, 3.8) is 0 Å². The Kier molecular flexibility index (Phi) is 7.49. The van der Waals surface area contributed by atoms with Crippen molar-refractivity contribution in [1.82, 2.24) is 16.0 Å². The van der Waals surface area contributed by atoms with E-state index in [4.69, 9.17) is 9.47 Å². The molecule has 1 aliphatic rings. The third-order valence-electron chi connectivity index (χ3n) is 5.09. The van der Waals surface area contributed by atoms with Crippen LogP contribution in [0.25, 0.3) is 11.4 Å². The van der Waals surface area contributed by atoms with Crippen LogP contribution in [-0.4, -0.2) is 32.5 Å². The highest BCUT2D eigenvalue weighted by atomic mass is 16.6. The summed E-state index contributed by atoms with van der Waals surface area (Å²) in [5.41, 5.74) is 5.51. The van der Waals surface area contributed by atoms with Crippen LogP contribution in [0.15, 0.2) is 64.9 Å². The maximum Gasteiger partial charge on any atom is 0.412 e. The number of rotatable bonds is 8. The van der Waals surface area contributed by atoms with Gasteiger partial charge in [-0.15, -0.1) is 4.91 Å². The monoisotopic (exact) mass is 436 g/mol. The fourth-order valence-electron chi connectivity index (χ4n) is 3.60. The Labute approximate surface area is 187 Å². The van der Waals surface area contributed by atoms with Crippen molar-refractivity contribution in [1.29, 1.82) is 0 Å². The second-order valence-corrected chi connectivity index (χ2v) is 7.19. The molecule has 0 saturated carbocycles. The number of para-hydroxylation sites is 2. The summed E-state index contributed by atoms with van der Waals surface area (Å²) < 4.78 is 11.2. The van der Waals surface area contributed by atoms with Crippen molar-refractivity contribution in [3.05, 3.63) is 75.7 Å². The van der Waals surface area contributed by atoms with Gasteiger partial charge in [0.15, 0.2) is 0 Å². The van der Waals surface area contributed by atoms with E-state index in [0.29, 0.717) is 24.6 Å². The summed E-state index contributed by atoms with van der Waals surface area (Å²) >= 11 is 0. The van der Waals surface area contributed by atoms with Crippen LogP contribution in [-0.2, 0) is 0 Å². The Morgan fingerprint density at radius 1 is 1.16 bits per heavy atom. The number of nitrogens with one attached hydrogen (secondary N) is 3. The quantitative estimate of drug-likeness (QED) is 0.535. The Morgan fingerprint density at radius 3 is 2.53 bits per heavy atom. The fraction of sp³-hybridized carbons (Fsp3) is 0.292. The third kappa shape index (κ3) is 4.91. The SMILES string of the molecule is CCN/C(=C1/CNC(c2ccccc2OC(C)N=O)=C1C)c1ccccc1OC(=O)NC. The summed E-state index contributed by atoms with van der Waals surface area (Å²) in [5.74, 6) is 1.04. The molecule has 0 fully saturated rings. The van der Waals surface area contributed by atoms with Crippen molar-refractivity contribution in [3.8, 4) is 11.5 Å². The Balaban J connectivity index is 2.10. The lowest BCUT2D eigenvalue weighted by atomic mass is 9.99. The van der Waals surface area contributed by atoms with Gasteiger partial charge in [0.1, 0.15) is 11.5 Å². The number of carbonyl (C=O) groups is 1. The number of nitrogens with zero attached hydrogens (tertiary/aromatic N) is 1. The molecule has 0 radical (unpaired) electrons. The van der Waals surface area contributed by atoms with Crippen molar-refractivity contribution < 1.29 is 14.3 Å². The summed E-state index contributed by atoms with van der Waals surface area (Å²) in [6.07, 6.45) is -1.32.